The molecule has 1 atom stereocenters. The summed E-state index contributed by atoms with van der Waals surface area (Å²) in [5.41, 5.74) is 9.41. The van der Waals surface area contributed by atoms with E-state index in [9.17, 15) is 9.59 Å². The molecule has 2 N–H and O–H groups in total. The first-order valence-electron chi connectivity index (χ1n) is 10.3. The zero-order valence-electron chi connectivity index (χ0n) is 17.7. The van der Waals surface area contributed by atoms with Crippen LogP contribution >= 0.6 is 22.9 Å². The maximum atomic E-state index is 12.8. The zero-order valence-corrected chi connectivity index (χ0v) is 19.3. The summed E-state index contributed by atoms with van der Waals surface area (Å²) in [6.07, 6.45) is 2.30. The molecule has 3 aromatic rings. The van der Waals surface area contributed by atoms with Crippen molar-refractivity contribution in [3.63, 3.8) is 0 Å². The van der Waals surface area contributed by atoms with Crippen molar-refractivity contribution in [3.8, 4) is 0 Å². The molecule has 162 valence electrons. The van der Waals surface area contributed by atoms with E-state index >= 15 is 0 Å². The monoisotopic (exact) mass is 455 g/mol. The molecule has 4 nitrogen and oxygen atoms in total. The Morgan fingerprint density at radius 2 is 1.71 bits per heavy atom. The predicted octanol–water partition coefficient (Wildman–Crippen LogP) is 5.74. The lowest BCUT2D eigenvalue weighted by atomic mass is 9.99. The lowest BCUT2D eigenvalue weighted by Gasteiger charge is -2.10. The number of benzene rings is 2. The summed E-state index contributed by atoms with van der Waals surface area (Å²) in [6.45, 7) is 4.10. The molecule has 3 rings (SSSR count). The van der Waals surface area contributed by atoms with Crippen LogP contribution in [0.1, 0.15) is 45.8 Å². The summed E-state index contributed by atoms with van der Waals surface area (Å²) >= 11 is 7.61. The SMILES string of the molecule is CCOC(=O)C(C)Cc1ccc(CCc2cc(C(=O)c3ccccc3Cl)c(N)s2)cc1. The van der Waals surface area contributed by atoms with Gasteiger partial charge in [0.05, 0.1) is 28.1 Å². The van der Waals surface area contributed by atoms with Gasteiger partial charge in [0.15, 0.2) is 5.78 Å². The fraction of sp³-hybridized carbons (Fsp3) is 0.280. The Hall–Kier alpha value is -2.63. The van der Waals surface area contributed by atoms with Crippen molar-refractivity contribution >= 4 is 39.7 Å². The maximum absolute atomic E-state index is 12.8. The van der Waals surface area contributed by atoms with Crippen LogP contribution in [-0.4, -0.2) is 18.4 Å². The minimum Gasteiger partial charge on any atom is -0.466 e. The fourth-order valence-corrected chi connectivity index (χ4v) is 4.53. The molecule has 0 fully saturated rings. The van der Waals surface area contributed by atoms with Crippen LogP contribution in [0.2, 0.25) is 5.02 Å². The number of nitrogens with two attached hydrogens (primary N) is 1. The van der Waals surface area contributed by atoms with Crippen LogP contribution in [-0.2, 0) is 28.8 Å². The molecule has 1 heterocycles. The van der Waals surface area contributed by atoms with Gasteiger partial charge in [0.25, 0.3) is 0 Å². The Bertz CT molecular complexity index is 1060. The van der Waals surface area contributed by atoms with E-state index in [4.69, 9.17) is 22.1 Å². The van der Waals surface area contributed by atoms with E-state index in [0.717, 1.165) is 23.3 Å². The van der Waals surface area contributed by atoms with E-state index in [0.29, 0.717) is 34.2 Å². The van der Waals surface area contributed by atoms with Crippen LogP contribution < -0.4 is 5.73 Å². The predicted molar refractivity (Wildman–Crippen MR) is 127 cm³/mol. The molecule has 0 bridgehead atoms. The van der Waals surface area contributed by atoms with Gasteiger partial charge in [-0.05, 0) is 55.5 Å². The van der Waals surface area contributed by atoms with Gasteiger partial charge in [-0.25, -0.2) is 0 Å². The number of nitrogen functional groups attached to an aromatic ring is 1. The van der Waals surface area contributed by atoms with E-state index < -0.39 is 0 Å². The Morgan fingerprint density at radius 3 is 2.39 bits per heavy atom. The normalized spacial score (nSPS) is 11.8. The van der Waals surface area contributed by atoms with Crippen molar-refractivity contribution in [2.75, 3.05) is 12.3 Å². The summed E-state index contributed by atoms with van der Waals surface area (Å²) < 4.78 is 5.07. The highest BCUT2D eigenvalue weighted by molar-refractivity contribution is 7.16. The molecule has 0 aliphatic rings. The molecule has 1 unspecified atom stereocenters. The smallest absolute Gasteiger partial charge is 0.308 e. The molecule has 0 radical (unpaired) electrons. The standard InChI is InChI=1S/C25H26ClNO3S/c1-3-30-25(29)16(2)14-18-10-8-17(9-11-18)12-13-19-15-21(24(27)31-19)23(28)20-6-4-5-7-22(20)26/h4-11,15-16H,3,12-14,27H2,1-2H3. The van der Waals surface area contributed by atoms with Gasteiger partial charge in [0.2, 0.25) is 0 Å². The average molecular weight is 456 g/mol. The molecule has 1 aromatic heterocycles. The molecule has 2 aromatic carbocycles. The Labute approximate surface area is 192 Å². The van der Waals surface area contributed by atoms with Gasteiger partial charge in [0.1, 0.15) is 0 Å². The molecule has 31 heavy (non-hydrogen) atoms. The Balaban J connectivity index is 1.61. The van der Waals surface area contributed by atoms with Gasteiger partial charge in [-0.2, -0.15) is 0 Å². The highest BCUT2D eigenvalue weighted by Gasteiger charge is 2.18. The summed E-state index contributed by atoms with van der Waals surface area (Å²) in [7, 11) is 0. The van der Waals surface area contributed by atoms with Gasteiger partial charge in [-0.15, -0.1) is 11.3 Å². The number of carbonyl (C=O) groups is 2. The molecule has 0 aliphatic carbocycles. The fourth-order valence-electron chi connectivity index (χ4n) is 3.38. The highest BCUT2D eigenvalue weighted by atomic mass is 35.5. The molecular weight excluding hydrogens is 430 g/mol. The van der Waals surface area contributed by atoms with Crippen molar-refractivity contribution < 1.29 is 14.3 Å². The minimum atomic E-state index is -0.163. The zero-order chi connectivity index (χ0) is 22.4. The first-order valence-corrected chi connectivity index (χ1v) is 11.5. The molecule has 6 heteroatoms. The van der Waals surface area contributed by atoms with Gasteiger partial charge in [-0.1, -0.05) is 54.9 Å². The van der Waals surface area contributed by atoms with Crippen LogP contribution in [0, 0.1) is 5.92 Å². The van der Waals surface area contributed by atoms with Gasteiger partial charge in [0, 0.05) is 10.4 Å². The number of anilines is 1. The molecule has 0 amide bonds. The summed E-state index contributed by atoms with van der Waals surface area (Å²) in [4.78, 5) is 25.7. The number of aryl methyl sites for hydroxylation is 2. The van der Waals surface area contributed by atoms with Crippen LogP contribution in [0.25, 0.3) is 0 Å². The third kappa shape index (κ3) is 5.96. The van der Waals surface area contributed by atoms with Crippen molar-refractivity contribution in [2.45, 2.75) is 33.1 Å². The average Bonchev–Trinajstić information content (AvgIpc) is 3.13. The van der Waals surface area contributed by atoms with Crippen LogP contribution in [0.3, 0.4) is 0 Å². The van der Waals surface area contributed by atoms with Crippen molar-refractivity contribution in [3.05, 3.63) is 86.8 Å². The number of hydrogen-bond donors (Lipinski definition) is 1. The molecule has 0 spiro atoms. The lowest BCUT2D eigenvalue weighted by molar-refractivity contribution is -0.147. The van der Waals surface area contributed by atoms with Crippen LogP contribution in [0.4, 0.5) is 5.00 Å². The number of esters is 1. The molecule has 0 saturated carbocycles. The Morgan fingerprint density at radius 1 is 1.03 bits per heavy atom. The van der Waals surface area contributed by atoms with Crippen molar-refractivity contribution in [1.29, 1.82) is 0 Å². The Kier molecular flexibility index (Phi) is 7.88. The number of halogens is 1. The van der Waals surface area contributed by atoms with Crippen LogP contribution in [0.15, 0.2) is 54.6 Å². The molecular formula is C25H26ClNO3S. The van der Waals surface area contributed by atoms with Gasteiger partial charge < -0.3 is 10.5 Å². The van der Waals surface area contributed by atoms with Gasteiger partial charge >= 0.3 is 5.97 Å². The second-order valence-electron chi connectivity index (χ2n) is 7.47. The number of ether oxygens (including phenoxy) is 1. The van der Waals surface area contributed by atoms with Crippen LogP contribution in [0.5, 0.6) is 0 Å². The largest absolute Gasteiger partial charge is 0.466 e. The maximum Gasteiger partial charge on any atom is 0.308 e. The quantitative estimate of drug-likeness (QED) is 0.330. The van der Waals surface area contributed by atoms with Crippen molar-refractivity contribution in [2.24, 2.45) is 5.92 Å². The van der Waals surface area contributed by atoms with E-state index in [2.05, 4.69) is 24.3 Å². The second kappa shape index (κ2) is 10.6. The number of hydrogen-bond acceptors (Lipinski definition) is 5. The number of thiophene rings is 1. The van der Waals surface area contributed by atoms with Crippen molar-refractivity contribution in [1.82, 2.24) is 0 Å². The third-order valence-corrected chi connectivity index (χ3v) is 6.44. The van der Waals surface area contributed by atoms with E-state index in [1.165, 1.54) is 16.9 Å². The summed E-state index contributed by atoms with van der Waals surface area (Å²) in [5, 5.41) is 0.945. The second-order valence-corrected chi connectivity index (χ2v) is 9.05. The topological polar surface area (TPSA) is 69.4 Å². The third-order valence-electron chi connectivity index (χ3n) is 5.09. The number of rotatable bonds is 9. The molecule has 0 saturated heterocycles. The van der Waals surface area contributed by atoms with Gasteiger partial charge in [-0.3, -0.25) is 9.59 Å². The van der Waals surface area contributed by atoms with E-state index in [1.54, 1.807) is 24.3 Å². The summed E-state index contributed by atoms with van der Waals surface area (Å²) in [6, 6.07) is 17.2. The minimum absolute atomic E-state index is 0.148. The van der Waals surface area contributed by atoms with E-state index in [-0.39, 0.29) is 17.7 Å². The first-order chi connectivity index (χ1) is 14.9. The lowest BCUT2D eigenvalue weighted by Crippen LogP contribution is -2.16. The highest BCUT2D eigenvalue weighted by Crippen LogP contribution is 2.30. The summed E-state index contributed by atoms with van der Waals surface area (Å²) in [5.74, 6) is -0.469. The molecule has 0 aliphatic heterocycles. The van der Waals surface area contributed by atoms with E-state index in [1.807, 2.05) is 19.9 Å². The number of carbonyl (C=O) groups excluding carboxylic acids is 2. The first kappa shape index (κ1) is 23.0. The number of ketones is 1.